The minimum Gasteiger partial charge on any atom is -0.369 e. The third-order valence-electron chi connectivity index (χ3n) is 2.11. The summed E-state index contributed by atoms with van der Waals surface area (Å²) in [5.41, 5.74) is 1.47. The maximum atomic E-state index is 3.91. The van der Waals surface area contributed by atoms with E-state index in [0.29, 0.717) is 5.41 Å². The maximum absolute atomic E-state index is 3.91. The van der Waals surface area contributed by atoms with Gasteiger partial charge in [-0.05, 0) is 24.1 Å². The van der Waals surface area contributed by atoms with Crippen molar-refractivity contribution in [1.82, 2.24) is 5.32 Å². The van der Waals surface area contributed by atoms with Crippen LogP contribution >= 0.6 is 0 Å². The van der Waals surface area contributed by atoms with Crippen LogP contribution in [0.25, 0.3) is 0 Å². The summed E-state index contributed by atoms with van der Waals surface area (Å²) in [6, 6.07) is 0. The molecule has 1 N–H and O–H groups in total. The van der Waals surface area contributed by atoms with Crippen LogP contribution in [0, 0.1) is 5.41 Å². The van der Waals surface area contributed by atoms with Crippen LogP contribution in [-0.2, 0) is 0 Å². The zero-order valence-corrected chi connectivity index (χ0v) is 9.85. The first-order valence-corrected chi connectivity index (χ1v) is 5.15. The largest absolute Gasteiger partial charge is 0.369 e. The fraction of sp³-hybridized carbons (Fsp3) is 0.583. The Morgan fingerprint density at radius 3 is 2.43 bits per heavy atom. The lowest BCUT2D eigenvalue weighted by Crippen LogP contribution is -2.34. The standard InChI is InChI=1S/C10H16N2.C2H6/c1-5-8-6-10(2,3)7-12-9(8)11-4;1-2/h5,12H,1,4,6-7H2,2-3H3;1-2H3. The molecule has 2 nitrogen and oxygen atoms in total. The van der Waals surface area contributed by atoms with Gasteiger partial charge in [0, 0.05) is 6.54 Å². The lowest BCUT2D eigenvalue weighted by Gasteiger charge is -2.31. The Bertz CT molecular complexity index is 237. The predicted octanol–water partition coefficient (Wildman–Crippen LogP) is 3.13. The van der Waals surface area contributed by atoms with Crippen molar-refractivity contribution in [2.24, 2.45) is 10.4 Å². The molecule has 1 aliphatic heterocycles. The first kappa shape index (κ1) is 12.9. The van der Waals surface area contributed by atoms with E-state index in [1.165, 1.54) is 5.57 Å². The van der Waals surface area contributed by atoms with Crippen LogP contribution in [0.2, 0.25) is 0 Å². The maximum Gasteiger partial charge on any atom is 0.128 e. The van der Waals surface area contributed by atoms with Gasteiger partial charge in [-0.25, -0.2) is 4.99 Å². The molecule has 0 aromatic rings. The summed E-state index contributed by atoms with van der Waals surface area (Å²) < 4.78 is 0. The quantitative estimate of drug-likeness (QED) is 0.671. The highest BCUT2D eigenvalue weighted by molar-refractivity contribution is 5.34. The molecule has 80 valence electrons. The summed E-state index contributed by atoms with van der Waals surface area (Å²) in [4.78, 5) is 3.91. The molecule has 0 amide bonds. The van der Waals surface area contributed by atoms with Gasteiger partial charge >= 0.3 is 0 Å². The third kappa shape index (κ3) is 3.36. The number of hydrogen-bond donors (Lipinski definition) is 1. The highest BCUT2D eigenvalue weighted by Gasteiger charge is 2.24. The van der Waals surface area contributed by atoms with Gasteiger partial charge in [-0.3, -0.25) is 0 Å². The SMILES string of the molecule is C=CC1=C(N=C)NCC(C)(C)C1.CC. The number of allylic oxidation sites excluding steroid dienone is 2. The molecule has 0 aromatic carbocycles. The second kappa shape index (κ2) is 5.63. The zero-order chi connectivity index (χ0) is 11.2. The third-order valence-corrected chi connectivity index (χ3v) is 2.11. The molecule has 2 heteroatoms. The fourth-order valence-electron chi connectivity index (χ4n) is 1.42. The first-order chi connectivity index (χ1) is 6.59. The van der Waals surface area contributed by atoms with E-state index in [2.05, 4.69) is 37.5 Å². The summed E-state index contributed by atoms with van der Waals surface area (Å²) in [7, 11) is 0. The van der Waals surface area contributed by atoms with Gasteiger partial charge in [-0.2, -0.15) is 0 Å². The monoisotopic (exact) mass is 194 g/mol. The summed E-state index contributed by atoms with van der Waals surface area (Å²) in [6.07, 6.45) is 2.88. The second-order valence-corrected chi connectivity index (χ2v) is 3.93. The van der Waals surface area contributed by atoms with Crippen LogP contribution in [0.5, 0.6) is 0 Å². The van der Waals surface area contributed by atoms with E-state index in [1.54, 1.807) is 0 Å². The predicted molar refractivity (Wildman–Crippen MR) is 64.5 cm³/mol. The summed E-state index contributed by atoms with van der Waals surface area (Å²) in [6.45, 7) is 16.7. The molecular formula is C12H22N2. The molecular weight excluding hydrogens is 172 g/mol. The summed E-state index contributed by atoms with van der Waals surface area (Å²) in [5.74, 6) is 0.893. The smallest absolute Gasteiger partial charge is 0.128 e. The molecule has 0 spiro atoms. The van der Waals surface area contributed by atoms with Crippen molar-refractivity contribution in [1.29, 1.82) is 0 Å². The van der Waals surface area contributed by atoms with Crippen LogP contribution < -0.4 is 5.32 Å². The minimum atomic E-state index is 0.303. The van der Waals surface area contributed by atoms with Gasteiger partial charge in [-0.15, -0.1) is 0 Å². The second-order valence-electron chi connectivity index (χ2n) is 3.93. The lowest BCUT2D eigenvalue weighted by molar-refractivity contribution is 0.332. The number of hydrogen-bond acceptors (Lipinski definition) is 2. The Balaban J connectivity index is 0.000000791. The van der Waals surface area contributed by atoms with E-state index in [4.69, 9.17) is 0 Å². The molecule has 0 bridgehead atoms. The van der Waals surface area contributed by atoms with E-state index >= 15 is 0 Å². The van der Waals surface area contributed by atoms with Crippen molar-refractivity contribution >= 4 is 6.72 Å². The van der Waals surface area contributed by atoms with Gasteiger partial charge in [0.05, 0.1) is 0 Å². The molecule has 0 aromatic heterocycles. The van der Waals surface area contributed by atoms with Crippen LogP contribution in [0.1, 0.15) is 34.1 Å². The van der Waals surface area contributed by atoms with E-state index in [-0.39, 0.29) is 0 Å². The Kier molecular flexibility index (Phi) is 5.21. The summed E-state index contributed by atoms with van der Waals surface area (Å²) in [5, 5.41) is 3.24. The lowest BCUT2D eigenvalue weighted by atomic mass is 9.83. The normalized spacial score (nSPS) is 18.9. The summed E-state index contributed by atoms with van der Waals surface area (Å²) >= 11 is 0. The molecule has 0 fully saturated rings. The molecule has 0 unspecified atom stereocenters. The fourth-order valence-corrected chi connectivity index (χ4v) is 1.42. The average molecular weight is 194 g/mol. The zero-order valence-electron chi connectivity index (χ0n) is 9.85. The van der Waals surface area contributed by atoms with Gasteiger partial charge in [0.25, 0.3) is 0 Å². The molecule has 1 aliphatic rings. The van der Waals surface area contributed by atoms with Crippen molar-refractivity contribution in [3.05, 3.63) is 24.0 Å². The number of nitrogens with one attached hydrogen (secondary N) is 1. The average Bonchev–Trinajstić information content (AvgIpc) is 2.19. The molecule has 1 rings (SSSR count). The van der Waals surface area contributed by atoms with Crippen molar-refractivity contribution in [2.45, 2.75) is 34.1 Å². The highest BCUT2D eigenvalue weighted by atomic mass is 15.0. The Hall–Kier alpha value is -1.05. The molecule has 1 heterocycles. The minimum absolute atomic E-state index is 0.303. The van der Waals surface area contributed by atoms with Crippen LogP contribution in [-0.4, -0.2) is 13.3 Å². The molecule has 0 saturated heterocycles. The van der Waals surface area contributed by atoms with Gasteiger partial charge in [-0.1, -0.05) is 40.3 Å². The molecule has 14 heavy (non-hydrogen) atoms. The van der Waals surface area contributed by atoms with Gasteiger partial charge in [0.15, 0.2) is 0 Å². The Morgan fingerprint density at radius 1 is 1.43 bits per heavy atom. The van der Waals surface area contributed by atoms with Crippen LogP contribution in [0.3, 0.4) is 0 Å². The molecule has 0 atom stereocenters. The Labute approximate surface area is 87.8 Å². The first-order valence-electron chi connectivity index (χ1n) is 5.15. The molecule has 0 radical (unpaired) electrons. The topological polar surface area (TPSA) is 24.4 Å². The molecule has 0 saturated carbocycles. The highest BCUT2D eigenvalue weighted by Crippen LogP contribution is 2.30. The number of aliphatic imine (C=N–C) groups is 1. The number of rotatable bonds is 2. The van der Waals surface area contributed by atoms with Crippen molar-refractivity contribution in [3.63, 3.8) is 0 Å². The van der Waals surface area contributed by atoms with Crippen LogP contribution in [0.4, 0.5) is 0 Å². The van der Waals surface area contributed by atoms with Gasteiger partial charge in [0.2, 0.25) is 0 Å². The van der Waals surface area contributed by atoms with Crippen molar-refractivity contribution < 1.29 is 0 Å². The van der Waals surface area contributed by atoms with E-state index < -0.39 is 0 Å². The van der Waals surface area contributed by atoms with Gasteiger partial charge < -0.3 is 5.32 Å². The Morgan fingerprint density at radius 2 is 2.00 bits per heavy atom. The van der Waals surface area contributed by atoms with Crippen LogP contribution in [0.15, 0.2) is 29.0 Å². The van der Waals surface area contributed by atoms with Gasteiger partial charge in [0.1, 0.15) is 5.82 Å². The van der Waals surface area contributed by atoms with E-state index in [0.717, 1.165) is 18.8 Å². The van der Waals surface area contributed by atoms with E-state index in [9.17, 15) is 0 Å². The molecule has 0 aliphatic carbocycles. The van der Waals surface area contributed by atoms with Crippen molar-refractivity contribution in [2.75, 3.05) is 6.54 Å². The van der Waals surface area contributed by atoms with E-state index in [1.807, 2.05) is 19.9 Å². The van der Waals surface area contributed by atoms with Crippen molar-refractivity contribution in [3.8, 4) is 0 Å². The number of nitrogens with zero attached hydrogens (tertiary/aromatic N) is 1.